The lowest BCUT2D eigenvalue weighted by Crippen LogP contribution is -2.12. The second-order valence-electron chi connectivity index (χ2n) is 4.08. The van der Waals surface area contributed by atoms with Crippen molar-refractivity contribution in [2.45, 2.75) is 31.6 Å². The number of Topliss-reactive ketones (excluding diaryl/α,β-unsaturated/α-hetero) is 1. The van der Waals surface area contributed by atoms with E-state index < -0.39 is 5.97 Å². The first kappa shape index (κ1) is 14.8. The number of thioether (sulfide) groups is 1. The van der Waals surface area contributed by atoms with Crippen LogP contribution >= 0.6 is 11.8 Å². The van der Waals surface area contributed by atoms with Crippen molar-refractivity contribution in [3.05, 3.63) is 29.8 Å². The number of carboxylic acids is 1. The molecule has 4 heteroatoms. The smallest absolute Gasteiger partial charge is 0.313 e. The van der Waals surface area contributed by atoms with Crippen LogP contribution in [0.4, 0.5) is 0 Å². The molecule has 0 aliphatic heterocycles. The van der Waals surface area contributed by atoms with Gasteiger partial charge in [-0.1, -0.05) is 26.0 Å². The molecule has 0 unspecified atom stereocenters. The van der Waals surface area contributed by atoms with Crippen LogP contribution in [0.25, 0.3) is 0 Å². The van der Waals surface area contributed by atoms with Crippen LogP contribution in [-0.2, 0) is 4.79 Å². The van der Waals surface area contributed by atoms with Gasteiger partial charge in [-0.25, -0.2) is 0 Å². The molecule has 0 amide bonds. The zero-order valence-corrected chi connectivity index (χ0v) is 11.5. The highest BCUT2D eigenvalue weighted by atomic mass is 32.2. The van der Waals surface area contributed by atoms with Gasteiger partial charge in [0.25, 0.3) is 0 Å². The SMILES string of the molecule is CCC(CC)C(=O)c1ccc(SCC(=O)O)cc1. The Kier molecular flexibility index (Phi) is 5.92. The number of hydrogen-bond acceptors (Lipinski definition) is 3. The second kappa shape index (κ2) is 7.21. The third-order valence-electron chi connectivity index (χ3n) is 2.86. The first-order valence-electron chi connectivity index (χ1n) is 6.07. The van der Waals surface area contributed by atoms with E-state index in [-0.39, 0.29) is 17.5 Å². The van der Waals surface area contributed by atoms with Gasteiger partial charge in [0.05, 0.1) is 5.75 Å². The molecule has 0 bridgehead atoms. The number of rotatable bonds is 7. The average Bonchev–Trinajstić information content (AvgIpc) is 2.38. The lowest BCUT2D eigenvalue weighted by Gasteiger charge is -2.11. The summed E-state index contributed by atoms with van der Waals surface area (Å²) >= 11 is 1.26. The van der Waals surface area contributed by atoms with E-state index in [1.54, 1.807) is 12.1 Å². The van der Waals surface area contributed by atoms with Gasteiger partial charge < -0.3 is 5.11 Å². The van der Waals surface area contributed by atoms with Gasteiger partial charge in [-0.05, 0) is 25.0 Å². The summed E-state index contributed by atoms with van der Waals surface area (Å²) < 4.78 is 0. The molecule has 0 spiro atoms. The minimum absolute atomic E-state index is 0.0415. The van der Waals surface area contributed by atoms with Crippen molar-refractivity contribution in [3.63, 3.8) is 0 Å². The average molecular weight is 266 g/mol. The Morgan fingerprint density at radius 3 is 2.17 bits per heavy atom. The minimum atomic E-state index is -0.836. The monoisotopic (exact) mass is 266 g/mol. The molecule has 1 aromatic rings. The van der Waals surface area contributed by atoms with E-state index in [9.17, 15) is 9.59 Å². The number of benzene rings is 1. The maximum absolute atomic E-state index is 12.1. The molecule has 0 atom stereocenters. The number of ketones is 1. The van der Waals surface area contributed by atoms with Crippen molar-refractivity contribution in [1.82, 2.24) is 0 Å². The summed E-state index contributed by atoms with van der Waals surface area (Å²) in [5.41, 5.74) is 0.711. The minimum Gasteiger partial charge on any atom is -0.481 e. The maximum atomic E-state index is 12.1. The van der Waals surface area contributed by atoms with Gasteiger partial charge >= 0.3 is 5.97 Å². The fraction of sp³-hybridized carbons (Fsp3) is 0.429. The van der Waals surface area contributed by atoms with Crippen molar-refractivity contribution >= 4 is 23.5 Å². The zero-order valence-electron chi connectivity index (χ0n) is 10.7. The summed E-state index contributed by atoms with van der Waals surface area (Å²) in [7, 11) is 0. The van der Waals surface area contributed by atoms with E-state index in [1.807, 2.05) is 26.0 Å². The Morgan fingerprint density at radius 1 is 1.17 bits per heavy atom. The molecule has 3 nitrogen and oxygen atoms in total. The van der Waals surface area contributed by atoms with E-state index in [4.69, 9.17) is 5.11 Å². The Hall–Kier alpha value is -1.29. The largest absolute Gasteiger partial charge is 0.481 e. The molecule has 1 N–H and O–H groups in total. The highest BCUT2D eigenvalue weighted by Crippen LogP contribution is 2.21. The van der Waals surface area contributed by atoms with Crippen LogP contribution < -0.4 is 0 Å². The van der Waals surface area contributed by atoms with Crippen molar-refractivity contribution in [3.8, 4) is 0 Å². The van der Waals surface area contributed by atoms with Crippen LogP contribution in [-0.4, -0.2) is 22.6 Å². The Morgan fingerprint density at radius 2 is 1.72 bits per heavy atom. The molecular formula is C14H18O3S. The van der Waals surface area contributed by atoms with Gasteiger partial charge in [0, 0.05) is 16.4 Å². The number of carboxylic acid groups (broad SMARTS) is 1. The van der Waals surface area contributed by atoms with E-state index in [0.717, 1.165) is 17.7 Å². The summed E-state index contributed by atoms with van der Waals surface area (Å²) in [6.07, 6.45) is 1.70. The first-order chi connectivity index (χ1) is 8.58. The lowest BCUT2D eigenvalue weighted by molar-refractivity contribution is -0.133. The van der Waals surface area contributed by atoms with Crippen LogP contribution in [0.3, 0.4) is 0 Å². The molecule has 0 saturated carbocycles. The van der Waals surface area contributed by atoms with Gasteiger partial charge in [-0.3, -0.25) is 9.59 Å². The van der Waals surface area contributed by atoms with Crippen LogP contribution in [0.2, 0.25) is 0 Å². The summed E-state index contributed by atoms with van der Waals surface area (Å²) in [6, 6.07) is 7.18. The van der Waals surface area contributed by atoms with Crippen molar-refractivity contribution in [2.75, 3.05) is 5.75 Å². The molecule has 0 aliphatic rings. The zero-order chi connectivity index (χ0) is 13.5. The van der Waals surface area contributed by atoms with Gasteiger partial charge in [-0.2, -0.15) is 0 Å². The summed E-state index contributed by atoms with van der Waals surface area (Å²) in [5.74, 6) is -0.533. The Bertz CT molecular complexity index is 408. The third-order valence-corrected chi connectivity index (χ3v) is 3.85. The fourth-order valence-electron chi connectivity index (χ4n) is 1.76. The van der Waals surface area contributed by atoms with E-state index in [0.29, 0.717) is 5.56 Å². The molecule has 1 rings (SSSR count). The second-order valence-corrected chi connectivity index (χ2v) is 5.13. The van der Waals surface area contributed by atoms with Crippen molar-refractivity contribution in [2.24, 2.45) is 5.92 Å². The molecule has 18 heavy (non-hydrogen) atoms. The van der Waals surface area contributed by atoms with E-state index >= 15 is 0 Å². The molecular weight excluding hydrogens is 248 g/mol. The molecule has 0 fully saturated rings. The number of carbonyl (C=O) groups is 2. The standard InChI is InChI=1S/C14H18O3S/c1-3-10(4-2)14(17)11-5-7-12(8-6-11)18-9-13(15)16/h5-8,10H,3-4,9H2,1-2H3,(H,15,16). The predicted octanol–water partition coefficient (Wildman–Crippen LogP) is 3.48. The molecule has 0 saturated heterocycles. The summed E-state index contributed by atoms with van der Waals surface area (Å²) in [4.78, 5) is 23.4. The molecule has 98 valence electrons. The number of carbonyl (C=O) groups excluding carboxylic acids is 1. The van der Waals surface area contributed by atoms with Gasteiger partial charge in [0.15, 0.2) is 5.78 Å². The lowest BCUT2D eigenvalue weighted by atomic mass is 9.93. The van der Waals surface area contributed by atoms with Crippen LogP contribution in [0.5, 0.6) is 0 Å². The van der Waals surface area contributed by atoms with Crippen LogP contribution in [0.1, 0.15) is 37.0 Å². The Balaban J connectivity index is 2.70. The van der Waals surface area contributed by atoms with Crippen molar-refractivity contribution < 1.29 is 14.7 Å². The summed E-state index contributed by atoms with van der Waals surface area (Å²) in [5, 5.41) is 8.58. The van der Waals surface area contributed by atoms with E-state index in [1.165, 1.54) is 11.8 Å². The fourth-order valence-corrected chi connectivity index (χ4v) is 2.37. The summed E-state index contributed by atoms with van der Waals surface area (Å²) in [6.45, 7) is 4.03. The normalized spacial score (nSPS) is 10.6. The topological polar surface area (TPSA) is 54.4 Å². The predicted molar refractivity (Wildman–Crippen MR) is 73.2 cm³/mol. The van der Waals surface area contributed by atoms with Gasteiger partial charge in [0.2, 0.25) is 0 Å². The maximum Gasteiger partial charge on any atom is 0.313 e. The third kappa shape index (κ3) is 4.18. The molecule has 0 heterocycles. The van der Waals surface area contributed by atoms with Gasteiger partial charge in [0.1, 0.15) is 0 Å². The molecule has 0 aliphatic carbocycles. The Labute approximate surface area is 112 Å². The first-order valence-corrected chi connectivity index (χ1v) is 7.05. The highest BCUT2D eigenvalue weighted by Gasteiger charge is 2.15. The number of aliphatic carboxylic acids is 1. The van der Waals surface area contributed by atoms with E-state index in [2.05, 4.69) is 0 Å². The quantitative estimate of drug-likeness (QED) is 0.606. The number of hydrogen-bond donors (Lipinski definition) is 1. The molecule has 0 radical (unpaired) electrons. The van der Waals surface area contributed by atoms with Crippen LogP contribution in [0, 0.1) is 5.92 Å². The van der Waals surface area contributed by atoms with Gasteiger partial charge in [-0.15, -0.1) is 11.8 Å². The molecule has 0 aromatic heterocycles. The van der Waals surface area contributed by atoms with Crippen LogP contribution in [0.15, 0.2) is 29.2 Å². The van der Waals surface area contributed by atoms with Crippen molar-refractivity contribution in [1.29, 1.82) is 0 Å². The molecule has 1 aromatic carbocycles. The highest BCUT2D eigenvalue weighted by molar-refractivity contribution is 8.00.